The van der Waals surface area contributed by atoms with Crippen LogP contribution in [-0.4, -0.2) is 34.4 Å². The van der Waals surface area contributed by atoms with Crippen molar-refractivity contribution in [1.82, 2.24) is 14.7 Å². The summed E-state index contributed by atoms with van der Waals surface area (Å²) in [7, 11) is 0. The molecule has 27 heavy (non-hydrogen) atoms. The van der Waals surface area contributed by atoms with Gasteiger partial charge in [0.1, 0.15) is 5.82 Å². The third kappa shape index (κ3) is 5.42. The van der Waals surface area contributed by atoms with Gasteiger partial charge in [0.15, 0.2) is 0 Å². The zero-order valence-electron chi connectivity index (χ0n) is 16.1. The van der Waals surface area contributed by atoms with Crippen LogP contribution >= 0.6 is 23.1 Å². The van der Waals surface area contributed by atoms with Gasteiger partial charge in [-0.25, -0.2) is 4.98 Å². The van der Waals surface area contributed by atoms with Crippen molar-refractivity contribution < 1.29 is 4.79 Å². The van der Waals surface area contributed by atoms with Crippen LogP contribution in [0.15, 0.2) is 24.3 Å². The van der Waals surface area contributed by atoms with E-state index >= 15 is 0 Å². The third-order valence-electron chi connectivity index (χ3n) is 5.24. The van der Waals surface area contributed by atoms with E-state index in [9.17, 15) is 4.79 Å². The number of aromatic nitrogens is 2. The maximum atomic E-state index is 12.4. The van der Waals surface area contributed by atoms with Gasteiger partial charge in [0.05, 0.1) is 0 Å². The molecular formula is C20H27ClN4OS. The highest BCUT2D eigenvalue weighted by Crippen LogP contribution is 2.26. The van der Waals surface area contributed by atoms with E-state index in [-0.39, 0.29) is 17.9 Å². The number of hydrogen-bond donors (Lipinski definition) is 1. The predicted molar refractivity (Wildman–Crippen MR) is 112 cm³/mol. The van der Waals surface area contributed by atoms with Crippen LogP contribution in [0.3, 0.4) is 0 Å². The number of anilines is 1. The summed E-state index contributed by atoms with van der Waals surface area (Å²) in [6.45, 7) is 8.03. The first-order valence-electron chi connectivity index (χ1n) is 9.54. The van der Waals surface area contributed by atoms with Crippen LogP contribution in [0.4, 0.5) is 5.13 Å². The molecule has 1 aromatic heterocycles. The van der Waals surface area contributed by atoms with E-state index in [1.807, 2.05) is 24.3 Å². The molecule has 1 aliphatic heterocycles. The first-order valence-corrected chi connectivity index (χ1v) is 10.7. The molecule has 2 aromatic rings. The second kappa shape index (κ2) is 9.02. The molecule has 1 aliphatic rings. The molecule has 1 aromatic carbocycles. The highest BCUT2D eigenvalue weighted by molar-refractivity contribution is 7.09. The van der Waals surface area contributed by atoms with Gasteiger partial charge in [0.2, 0.25) is 11.0 Å². The molecule has 0 spiro atoms. The zero-order valence-corrected chi connectivity index (χ0v) is 17.7. The molecule has 0 saturated carbocycles. The third-order valence-corrected chi connectivity index (χ3v) is 6.31. The van der Waals surface area contributed by atoms with Gasteiger partial charge < -0.3 is 10.2 Å². The lowest BCUT2D eigenvalue weighted by Crippen LogP contribution is -2.44. The van der Waals surface area contributed by atoms with Gasteiger partial charge in [-0.05, 0) is 43.4 Å². The van der Waals surface area contributed by atoms with Gasteiger partial charge in [0.25, 0.3) is 0 Å². The number of carbonyl (C=O) groups excluding carboxylic acids is 1. The molecule has 0 radical (unpaired) electrons. The average Bonchev–Trinajstić information content (AvgIpc) is 3.12. The lowest BCUT2D eigenvalue weighted by molar-refractivity contribution is -0.126. The van der Waals surface area contributed by atoms with Crippen LogP contribution in [0.25, 0.3) is 0 Å². The van der Waals surface area contributed by atoms with Gasteiger partial charge in [-0.15, -0.1) is 0 Å². The molecule has 7 heteroatoms. The minimum atomic E-state index is 0.101. The maximum absolute atomic E-state index is 12.4. The van der Waals surface area contributed by atoms with E-state index in [2.05, 4.69) is 35.4 Å². The molecule has 2 heterocycles. The summed E-state index contributed by atoms with van der Waals surface area (Å²) in [5.41, 5.74) is 1.15. The summed E-state index contributed by atoms with van der Waals surface area (Å²) in [4.78, 5) is 19.4. The van der Waals surface area contributed by atoms with Gasteiger partial charge in [-0.1, -0.05) is 37.6 Å². The summed E-state index contributed by atoms with van der Waals surface area (Å²) >= 11 is 7.37. The van der Waals surface area contributed by atoms with E-state index in [1.165, 1.54) is 11.5 Å². The van der Waals surface area contributed by atoms with Crippen molar-refractivity contribution in [2.45, 2.75) is 46.1 Å². The lowest BCUT2D eigenvalue weighted by atomic mass is 9.95. The topological polar surface area (TPSA) is 58.1 Å². The van der Waals surface area contributed by atoms with Crippen molar-refractivity contribution >= 4 is 34.2 Å². The quantitative estimate of drug-likeness (QED) is 0.782. The SMILES string of the molecule is CC(C)C(C)NC(=O)C1CCN(c2nc(Cc3ccc(Cl)cc3)ns2)CC1. The van der Waals surface area contributed by atoms with E-state index in [4.69, 9.17) is 16.6 Å². The van der Waals surface area contributed by atoms with Crippen molar-refractivity contribution in [1.29, 1.82) is 0 Å². The molecule has 0 aliphatic carbocycles. The largest absolute Gasteiger partial charge is 0.353 e. The first kappa shape index (κ1) is 20.1. The minimum absolute atomic E-state index is 0.101. The van der Waals surface area contributed by atoms with Crippen LogP contribution in [0.2, 0.25) is 5.02 Å². The summed E-state index contributed by atoms with van der Waals surface area (Å²) in [5.74, 6) is 1.58. The summed E-state index contributed by atoms with van der Waals surface area (Å²) in [6.07, 6.45) is 2.44. The molecule has 1 N–H and O–H groups in total. The Labute approximate surface area is 170 Å². The standard InChI is InChI=1S/C20H27ClN4OS/c1-13(2)14(3)22-19(26)16-8-10-25(11-9-16)20-23-18(24-27-20)12-15-4-6-17(21)7-5-15/h4-7,13-14,16H,8-12H2,1-3H3,(H,22,26). The average molecular weight is 407 g/mol. The Morgan fingerprint density at radius 2 is 1.93 bits per heavy atom. The Kier molecular flexibility index (Phi) is 6.71. The molecule has 146 valence electrons. The van der Waals surface area contributed by atoms with E-state index in [0.29, 0.717) is 12.3 Å². The van der Waals surface area contributed by atoms with Gasteiger partial charge in [-0.3, -0.25) is 4.79 Å². The lowest BCUT2D eigenvalue weighted by Gasteiger charge is -2.31. The number of amides is 1. The number of hydrogen-bond acceptors (Lipinski definition) is 5. The van der Waals surface area contributed by atoms with Gasteiger partial charge in [0, 0.05) is 48.0 Å². The van der Waals surface area contributed by atoms with Crippen LogP contribution in [0.1, 0.15) is 45.0 Å². The fourth-order valence-corrected chi connectivity index (χ4v) is 3.93. The second-order valence-corrected chi connectivity index (χ2v) is 8.77. The number of rotatable bonds is 6. The minimum Gasteiger partial charge on any atom is -0.353 e. The number of halogens is 1. The monoisotopic (exact) mass is 406 g/mol. The summed E-state index contributed by atoms with van der Waals surface area (Å²) in [6, 6.07) is 8.01. The predicted octanol–water partition coefficient (Wildman–Crippen LogP) is 4.16. The number of carbonyl (C=O) groups is 1. The van der Waals surface area contributed by atoms with E-state index in [0.717, 1.165) is 47.5 Å². The summed E-state index contributed by atoms with van der Waals surface area (Å²) < 4.78 is 4.50. The van der Waals surface area contributed by atoms with Crippen molar-refractivity contribution in [3.8, 4) is 0 Å². The Bertz CT molecular complexity index is 754. The molecule has 1 saturated heterocycles. The Morgan fingerprint density at radius 3 is 2.56 bits per heavy atom. The number of piperidine rings is 1. The number of nitrogens with one attached hydrogen (secondary N) is 1. The van der Waals surface area contributed by atoms with Gasteiger partial charge in [-0.2, -0.15) is 4.37 Å². The van der Waals surface area contributed by atoms with Crippen LogP contribution < -0.4 is 10.2 Å². The molecule has 5 nitrogen and oxygen atoms in total. The fraction of sp³-hybridized carbons (Fsp3) is 0.550. The molecule has 3 rings (SSSR count). The van der Waals surface area contributed by atoms with Crippen LogP contribution in [0.5, 0.6) is 0 Å². The maximum Gasteiger partial charge on any atom is 0.223 e. The Balaban J connectivity index is 1.52. The van der Waals surface area contributed by atoms with Crippen LogP contribution in [0, 0.1) is 11.8 Å². The smallest absolute Gasteiger partial charge is 0.223 e. The molecule has 1 atom stereocenters. The molecule has 0 bridgehead atoms. The van der Waals surface area contributed by atoms with Crippen molar-refractivity contribution in [3.63, 3.8) is 0 Å². The fourth-order valence-electron chi connectivity index (χ4n) is 3.07. The molecule has 1 amide bonds. The Morgan fingerprint density at radius 1 is 1.26 bits per heavy atom. The van der Waals surface area contributed by atoms with Crippen molar-refractivity contribution in [2.75, 3.05) is 18.0 Å². The van der Waals surface area contributed by atoms with Crippen molar-refractivity contribution in [2.24, 2.45) is 11.8 Å². The second-order valence-electron chi connectivity index (χ2n) is 7.60. The first-order chi connectivity index (χ1) is 12.9. The van der Waals surface area contributed by atoms with Crippen molar-refractivity contribution in [3.05, 3.63) is 40.7 Å². The molecule has 1 fully saturated rings. The van der Waals surface area contributed by atoms with E-state index < -0.39 is 0 Å². The highest BCUT2D eigenvalue weighted by Gasteiger charge is 2.27. The normalized spacial score (nSPS) is 16.6. The van der Waals surface area contributed by atoms with Gasteiger partial charge >= 0.3 is 0 Å². The van der Waals surface area contributed by atoms with Crippen LogP contribution in [-0.2, 0) is 11.2 Å². The molecule has 1 unspecified atom stereocenters. The molecular weight excluding hydrogens is 380 g/mol. The zero-order chi connectivity index (χ0) is 19.4. The Hall–Kier alpha value is -1.66. The number of nitrogens with zero attached hydrogens (tertiary/aromatic N) is 3. The highest BCUT2D eigenvalue weighted by atomic mass is 35.5. The van der Waals surface area contributed by atoms with E-state index in [1.54, 1.807) is 0 Å². The number of benzene rings is 1. The summed E-state index contributed by atoms with van der Waals surface area (Å²) in [5, 5.41) is 4.84.